The molecule has 0 radical (unpaired) electrons. The van der Waals surface area contributed by atoms with Crippen LogP contribution in [0.15, 0.2) is 6.20 Å². The van der Waals surface area contributed by atoms with Crippen molar-refractivity contribution < 1.29 is 9.53 Å². The van der Waals surface area contributed by atoms with Crippen LogP contribution in [0, 0.1) is 0 Å². The number of amides is 1. The molecule has 2 aliphatic heterocycles. The van der Waals surface area contributed by atoms with E-state index in [4.69, 9.17) is 9.72 Å². The van der Waals surface area contributed by atoms with Gasteiger partial charge < -0.3 is 14.5 Å². The fourth-order valence-electron chi connectivity index (χ4n) is 3.81. The average Bonchev–Trinajstić information content (AvgIpc) is 3.09. The molecule has 1 amide bonds. The molecule has 4 rings (SSSR count). The lowest BCUT2D eigenvalue weighted by atomic mass is 9.91. The van der Waals surface area contributed by atoms with Gasteiger partial charge in [-0.05, 0) is 6.42 Å². The average molecular weight is 344 g/mol. The summed E-state index contributed by atoms with van der Waals surface area (Å²) in [5.74, 6) is 1.81. The molecule has 0 saturated carbocycles. The zero-order valence-corrected chi connectivity index (χ0v) is 15.0. The monoisotopic (exact) mass is 344 g/mol. The highest BCUT2D eigenvalue weighted by Gasteiger charge is 2.46. The number of rotatable bonds is 3. The van der Waals surface area contributed by atoms with Gasteiger partial charge in [-0.3, -0.25) is 4.68 Å². The molecule has 8 nitrogen and oxygen atoms in total. The van der Waals surface area contributed by atoms with E-state index >= 15 is 0 Å². The number of aryl methyl sites for hydroxylation is 2. The Kier molecular flexibility index (Phi) is 3.77. The van der Waals surface area contributed by atoms with Crippen LogP contribution in [0.4, 0.5) is 10.6 Å². The van der Waals surface area contributed by atoms with Gasteiger partial charge in [0, 0.05) is 46.4 Å². The van der Waals surface area contributed by atoms with E-state index in [-0.39, 0.29) is 11.7 Å². The smallest absolute Gasteiger partial charge is 0.410 e. The highest BCUT2D eigenvalue weighted by molar-refractivity contribution is 5.87. The number of nitrogens with zero attached hydrogens (tertiary/aromatic N) is 6. The molecule has 0 bridgehead atoms. The molecule has 2 saturated heterocycles. The first-order valence-corrected chi connectivity index (χ1v) is 8.89. The molecule has 25 heavy (non-hydrogen) atoms. The van der Waals surface area contributed by atoms with E-state index in [1.54, 1.807) is 16.6 Å². The number of anilines is 1. The second-order valence-corrected chi connectivity index (χ2v) is 7.11. The first-order valence-electron chi connectivity index (χ1n) is 8.89. The molecule has 0 aliphatic carbocycles. The standard InChI is InChI=1S/C17H24N6O2/c1-4-5-13-19-14-12(10-18-22(14)3)15(20-13)23-8-6-17(7-9-23)11-21(2)16(24)25-17/h10H,4-9,11H2,1-3H3. The first-order chi connectivity index (χ1) is 12.0. The molecular weight excluding hydrogens is 320 g/mol. The molecule has 0 aromatic carbocycles. The van der Waals surface area contributed by atoms with Crippen molar-refractivity contribution in [3.05, 3.63) is 12.0 Å². The normalized spacial score (nSPS) is 19.9. The number of fused-ring (bicyclic) bond motifs is 1. The molecular formula is C17H24N6O2. The lowest BCUT2D eigenvalue weighted by molar-refractivity contribution is 0.0366. The van der Waals surface area contributed by atoms with Crippen LogP contribution in [0.5, 0.6) is 0 Å². The van der Waals surface area contributed by atoms with E-state index in [1.165, 1.54) is 0 Å². The Morgan fingerprint density at radius 2 is 2.00 bits per heavy atom. The highest BCUT2D eigenvalue weighted by atomic mass is 16.6. The van der Waals surface area contributed by atoms with Gasteiger partial charge in [-0.25, -0.2) is 14.8 Å². The van der Waals surface area contributed by atoms with E-state index in [1.807, 2.05) is 13.2 Å². The van der Waals surface area contributed by atoms with Crippen molar-refractivity contribution >= 4 is 22.9 Å². The fourth-order valence-corrected chi connectivity index (χ4v) is 3.81. The molecule has 2 aromatic heterocycles. The van der Waals surface area contributed by atoms with Crippen molar-refractivity contribution in [2.24, 2.45) is 7.05 Å². The van der Waals surface area contributed by atoms with E-state index < -0.39 is 0 Å². The van der Waals surface area contributed by atoms with Crippen LogP contribution in [0.2, 0.25) is 0 Å². The number of ether oxygens (including phenoxy) is 1. The van der Waals surface area contributed by atoms with Crippen molar-refractivity contribution in [1.29, 1.82) is 0 Å². The van der Waals surface area contributed by atoms with Crippen LogP contribution in [-0.4, -0.2) is 63.0 Å². The van der Waals surface area contributed by atoms with E-state index in [0.29, 0.717) is 6.54 Å². The third kappa shape index (κ3) is 2.69. The number of hydrogen-bond acceptors (Lipinski definition) is 6. The van der Waals surface area contributed by atoms with E-state index in [2.05, 4.69) is 21.9 Å². The van der Waals surface area contributed by atoms with Crippen LogP contribution in [0.1, 0.15) is 32.0 Å². The molecule has 2 aromatic rings. The number of piperidine rings is 1. The number of likely N-dealkylation sites (N-methyl/N-ethyl adjacent to an activating group) is 1. The summed E-state index contributed by atoms with van der Waals surface area (Å²) in [5, 5.41) is 5.34. The van der Waals surface area contributed by atoms with Crippen LogP contribution in [-0.2, 0) is 18.2 Å². The molecule has 0 unspecified atom stereocenters. The van der Waals surface area contributed by atoms with Gasteiger partial charge >= 0.3 is 6.09 Å². The van der Waals surface area contributed by atoms with Crippen molar-refractivity contribution in [3.63, 3.8) is 0 Å². The predicted molar refractivity (Wildman–Crippen MR) is 93.6 cm³/mol. The van der Waals surface area contributed by atoms with E-state index in [9.17, 15) is 4.79 Å². The summed E-state index contributed by atoms with van der Waals surface area (Å²) in [4.78, 5) is 25.2. The highest BCUT2D eigenvalue weighted by Crippen LogP contribution is 2.35. The molecule has 0 atom stereocenters. The van der Waals surface area contributed by atoms with Gasteiger partial charge in [0.1, 0.15) is 17.2 Å². The molecule has 4 heterocycles. The van der Waals surface area contributed by atoms with E-state index in [0.717, 1.165) is 61.4 Å². The molecule has 2 aliphatic rings. The maximum absolute atomic E-state index is 11.8. The van der Waals surface area contributed by atoms with Crippen molar-refractivity contribution in [2.75, 3.05) is 31.6 Å². The summed E-state index contributed by atoms with van der Waals surface area (Å²) >= 11 is 0. The minimum absolute atomic E-state index is 0.213. The zero-order chi connectivity index (χ0) is 17.6. The maximum Gasteiger partial charge on any atom is 0.410 e. The molecule has 8 heteroatoms. The lowest BCUT2D eigenvalue weighted by Crippen LogP contribution is -2.47. The van der Waals surface area contributed by atoms with Crippen LogP contribution in [0.3, 0.4) is 0 Å². The Hall–Kier alpha value is -2.38. The summed E-state index contributed by atoms with van der Waals surface area (Å²) in [6, 6.07) is 0. The minimum Gasteiger partial charge on any atom is -0.441 e. The number of hydrogen-bond donors (Lipinski definition) is 0. The molecule has 1 spiro atoms. The quantitative estimate of drug-likeness (QED) is 0.844. The maximum atomic E-state index is 11.8. The third-order valence-corrected chi connectivity index (χ3v) is 5.21. The third-order valence-electron chi connectivity index (χ3n) is 5.21. The van der Waals surface area contributed by atoms with Gasteiger partial charge in [0.2, 0.25) is 0 Å². The lowest BCUT2D eigenvalue weighted by Gasteiger charge is -2.38. The Balaban J connectivity index is 1.61. The minimum atomic E-state index is -0.338. The van der Waals surface area contributed by atoms with Gasteiger partial charge in [0.25, 0.3) is 0 Å². The van der Waals surface area contributed by atoms with Crippen molar-refractivity contribution in [1.82, 2.24) is 24.6 Å². The van der Waals surface area contributed by atoms with Crippen molar-refractivity contribution in [3.8, 4) is 0 Å². The Morgan fingerprint density at radius 3 is 2.64 bits per heavy atom. The SMILES string of the molecule is CCCc1nc(N2CCC3(CC2)CN(C)C(=O)O3)c2cnn(C)c2n1. The predicted octanol–water partition coefficient (Wildman–Crippen LogP) is 1.74. The first kappa shape index (κ1) is 16.1. The molecule has 0 N–H and O–H groups in total. The van der Waals surface area contributed by atoms with Crippen LogP contribution < -0.4 is 4.90 Å². The van der Waals surface area contributed by atoms with Gasteiger partial charge in [-0.15, -0.1) is 0 Å². The molecule has 134 valence electrons. The zero-order valence-electron chi connectivity index (χ0n) is 15.0. The Labute approximate surface area is 146 Å². The second-order valence-electron chi connectivity index (χ2n) is 7.11. The number of carbonyl (C=O) groups excluding carboxylic acids is 1. The summed E-state index contributed by atoms with van der Waals surface area (Å²) in [7, 11) is 3.71. The summed E-state index contributed by atoms with van der Waals surface area (Å²) in [5.41, 5.74) is 0.538. The van der Waals surface area contributed by atoms with Gasteiger partial charge in [0.05, 0.1) is 18.1 Å². The van der Waals surface area contributed by atoms with Crippen LogP contribution >= 0.6 is 0 Å². The Morgan fingerprint density at radius 1 is 1.24 bits per heavy atom. The topological polar surface area (TPSA) is 76.4 Å². The van der Waals surface area contributed by atoms with Crippen molar-refractivity contribution in [2.45, 2.75) is 38.2 Å². The summed E-state index contributed by atoms with van der Waals surface area (Å²) in [6.45, 7) is 4.43. The van der Waals surface area contributed by atoms with Crippen LogP contribution in [0.25, 0.3) is 11.0 Å². The number of aromatic nitrogens is 4. The Bertz CT molecular complexity index is 809. The second kappa shape index (κ2) is 5.86. The summed E-state index contributed by atoms with van der Waals surface area (Å²) in [6.07, 6.45) is 5.13. The fraction of sp³-hybridized carbons (Fsp3) is 0.647. The number of carbonyl (C=O) groups is 1. The van der Waals surface area contributed by atoms with Gasteiger partial charge in [-0.2, -0.15) is 5.10 Å². The van der Waals surface area contributed by atoms with Gasteiger partial charge in [0.15, 0.2) is 5.65 Å². The largest absolute Gasteiger partial charge is 0.441 e. The van der Waals surface area contributed by atoms with Gasteiger partial charge in [-0.1, -0.05) is 6.92 Å². The summed E-state index contributed by atoms with van der Waals surface area (Å²) < 4.78 is 7.46. The molecule has 2 fully saturated rings.